The highest BCUT2D eigenvalue weighted by Gasteiger charge is 2.25. The number of hydrogen-bond acceptors (Lipinski definition) is 3. The number of aliphatic hydroxyl groups is 1. The van der Waals surface area contributed by atoms with E-state index in [0.717, 1.165) is 44.9 Å². The summed E-state index contributed by atoms with van der Waals surface area (Å²) < 4.78 is 0. The minimum absolute atomic E-state index is 0.278. The molecule has 2 N–H and O–H groups in total. The fourth-order valence-electron chi connectivity index (χ4n) is 12.6. The number of unbranched alkanes of at least 4 members (excludes halogenated alkanes) is 59. The van der Waals surface area contributed by atoms with E-state index in [4.69, 9.17) is 0 Å². The molecule has 0 saturated carbocycles. The highest BCUT2D eigenvalue weighted by Crippen LogP contribution is 2.23. The Bertz CT molecular complexity index is 1140. The predicted molar refractivity (Wildman–Crippen MR) is 347 cm³/mol. The second-order valence-corrected chi connectivity index (χ2v) is 26.2. The van der Waals surface area contributed by atoms with Crippen molar-refractivity contribution in [3.63, 3.8) is 0 Å². The Morgan fingerprint density at radius 1 is 0.256 bits per heavy atom. The van der Waals surface area contributed by atoms with Crippen molar-refractivity contribution in [3.05, 3.63) is 0 Å². The monoisotopic (exact) mass is 1100 g/mol. The van der Waals surface area contributed by atoms with Crippen LogP contribution in [-0.2, 0) is 9.59 Å². The molecule has 78 heavy (non-hydrogen) atoms. The first-order chi connectivity index (χ1) is 38.4. The normalized spacial score (nSPS) is 12.9. The molecule has 0 aliphatic heterocycles. The van der Waals surface area contributed by atoms with Gasteiger partial charge in [0.05, 0.1) is 12.0 Å². The molecule has 466 valence electrons. The van der Waals surface area contributed by atoms with Gasteiger partial charge in [0, 0.05) is 12.3 Å². The Hall–Kier alpha value is -0.900. The number of aliphatic hydroxyl groups excluding tert-OH is 1. The number of aliphatic carboxylic acids is 1. The summed E-state index contributed by atoms with van der Waals surface area (Å²) in [4.78, 5) is 24.6. The first-order valence-electron chi connectivity index (χ1n) is 36.9. The van der Waals surface area contributed by atoms with Gasteiger partial charge in [-0.15, -0.1) is 0 Å². The molecular formula is C74H146O4. The van der Waals surface area contributed by atoms with Gasteiger partial charge in [-0.05, 0) is 25.7 Å². The maximum atomic E-state index is 12.6. The molecule has 0 aliphatic carbocycles. The lowest BCUT2D eigenvalue weighted by molar-refractivity contribution is -0.146. The number of carboxylic acid groups (broad SMARTS) is 1. The van der Waals surface area contributed by atoms with Gasteiger partial charge in [-0.3, -0.25) is 9.59 Å². The number of Topliss-reactive ketones (excluding diaryl/α,β-unsaturated/α-hetero) is 1. The molecule has 4 nitrogen and oxygen atoms in total. The zero-order valence-electron chi connectivity index (χ0n) is 54.1. The van der Waals surface area contributed by atoms with Gasteiger partial charge in [-0.25, -0.2) is 0 Å². The third kappa shape index (κ3) is 61.2. The minimum Gasteiger partial charge on any atom is -0.481 e. The molecule has 0 rings (SSSR count). The fourth-order valence-corrected chi connectivity index (χ4v) is 12.6. The lowest BCUT2D eigenvalue weighted by Crippen LogP contribution is -2.28. The Kier molecular flexibility index (Phi) is 66.1. The average molecular weight is 1100 g/mol. The fraction of sp³-hybridized carbons (Fsp3) is 0.973. The molecule has 0 radical (unpaired) electrons. The molecule has 0 aliphatic rings. The summed E-state index contributed by atoms with van der Waals surface area (Å²) >= 11 is 0. The molecule has 0 spiro atoms. The van der Waals surface area contributed by atoms with E-state index in [0.29, 0.717) is 18.6 Å². The topological polar surface area (TPSA) is 74.6 Å². The standard InChI is InChI=1S/C74H146O4/c1-4-6-8-10-12-14-16-18-20-21-22-23-30-33-36-39-43-47-51-55-59-63-67-71(74(77)78)73(76)69-65-61-57-53-49-45-41-38-35-32-29-27-25-24-26-28-31-34-37-40-44-48-52-56-60-64-68-72(75)70(3)66-62-58-54-50-46-42-19-17-15-13-11-9-7-5-2/h70-71,73,76H,4-69H2,1-3H3,(H,77,78). The van der Waals surface area contributed by atoms with E-state index < -0.39 is 18.0 Å². The molecule has 0 fully saturated rings. The zero-order chi connectivity index (χ0) is 56.6. The molecule has 0 amide bonds. The summed E-state index contributed by atoms with van der Waals surface area (Å²) in [5, 5.41) is 20.5. The van der Waals surface area contributed by atoms with Crippen LogP contribution in [0, 0.1) is 11.8 Å². The molecular weight excluding hydrogens is 953 g/mol. The SMILES string of the molecule is CCCCCCCCCCCCCCCCCCCCCCCCC(C(=O)O)C(O)CCCCCCCCCCCCCCCCCCCCCCCCCCCCC(=O)C(C)CCCCCCCCCCCCCCCC. The minimum atomic E-state index is -0.803. The third-order valence-electron chi connectivity index (χ3n) is 18.4. The second-order valence-electron chi connectivity index (χ2n) is 26.2. The predicted octanol–water partition coefficient (Wildman–Crippen LogP) is 26.0. The van der Waals surface area contributed by atoms with Crippen molar-refractivity contribution in [2.45, 2.75) is 451 Å². The van der Waals surface area contributed by atoms with Crippen LogP contribution in [-0.4, -0.2) is 28.1 Å². The van der Waals surface area contributed by atoms with E-state index in [-0.39, 0.29) is 5.92 Å². The Labute approximate surface area is 491 Å². The van der Waals surface area contributed by atoms with Crippen molar-refractivity contribution in [1.29, 1.82) is 0 Å². The van der Waals surface area contributed by atoms with E-state index in [1.807, 2.05) is 0 Å². The molecule has 0 saturated heterocycles. The van der Waals surface area contributed by atoms with Gasteiger partial charge in [0.1, 0.15) is 5.78 Å². The van der Waals surface area contributed by atoms with E-state index in [1.54, 1.807) is 0 Å². The van der Waals surface area contributed by atoms with Crippen LogP contribution in [0.2, 0.25) is 0 Å². The number of carbonyl (C=O) groups excluding carboxylic acids is 1. The first-order valence-corrected chi connectivity index (χ1v) is 36.9. The maximum Gasteiger partial charge on any atom is 0.309 e. The van der Waals surface area contributed by atoms with E-state index in [9.17, 15) is 19.8 Å². The molecule has 4 heteroatoms. The lowest BCUT2D eigenvalue weighted by atomic mass is 9.91. The number of carbonyl (C=O) groups is 2. The summed E-state index contributed by atoms with van der Waals surface area (Å²) in [6, 6.07) is 0. The summed E-state index contributed by atoms with van der Waals surface area (Å²) in [6.45, 7) is 6.78. The number of hydrogen-bond donors (Lipinski definition) is 2. The summed E-state index contributed by atoms with van der Waals surface area (Å²) in [6.07, 6.45) is 87.0. The Balaban J connectivity index is 3.39. The summed E-state index contributed by atoms with van der Waals surface area (Å²) in [5.74, 6) is -0.587. The van der Waals surface area contributed by atoms with Gasteiger partial charge in [-0.2, -0.15) is 0 Å². The van der Waals surface area contributed by atoms with E-state index in [2.05, 4.69) is 20.8 Å². The van der Waals surface area contributed by atoms with Crippen molar-refractivity contribution in [1.82, 2.24) is 0 Å². The van der Waals surface area contributed by atoms with Gasteiger partial charge >= 0.3 is 5.97 Å². The van der Waals surface area contributed by atoms with Crippen LogP contribution in [0.25, 0.3) is 0 Å². The van der Waals surface area contributed by atoms with Crippen molar-refractivity contribution in [2.24, 2.45) is 11.8 Å². The largest absolute Gasteiger partial charge is 0.481 e. The van der Waals surface area contributed by atoms with Crippen LogP contribution >= 0.6 is 0 Å². The van der Waals surface area contributed by atoms with Crippen LogP contribution in [0.1, 0.15) is 445 Å². The summed E-state index contributed by atoms with van der Waals surface area (Å²) in [5.41, 5.74) is 0. The highest BCUT2D eigenvalue weighted by atomic mass is 16.4. The van der Waals surface area contributed by atoms with Crippen LogP contribution in [0.15, 0.2) is 0 Å². The van der Waals surface area contributed by atoms with Gasteiger partial charge < -0.3 is 10.2 Å². The van der Waals surface area contributed by atoms with Gasteiger partial charge in [0.2, 0.25) is 0 Å². The van der Waals surface area contributed by atoms with E-state index >= 15 is 0 Å². The smallest absolute Gasteiger partial charge is 0.309 e. The molecule has 3 atom stereocenters. The van der Waals surface area contributed by atoms with Crippen molar-refractivity contribution in [3.8, 4) is 0 Å². The lowest BCUT2D eigenvalue weighted by Gasteiger charge is -2.19. The Morgan fingerprint density at radius 2 is 0.436 bits per heavy atom. The van der Waals surface area contributed by atoms with Gasteiger partial charge in [0.25, 0.3) is 0 Å². The Morgan fingerprint density at radius 3 is 0.654 bits per heavy atom. The molecule has 0 bridgehead atoms. The van der Waals surface area contributed by atoms with Gasteiger partial charge in [-0.1, -0.05) is 412 Å². The number of ketones is 1. The van der Waals surface area contributed by atoms with Crippen LogP contribution in [0.4, 0.5) is 0 Å². The first kappa shape index (κ1) is 77.1. The second kappa shape index (κ2) is 66.9. The van der Waals surface area contributed by atoms with Crippen LogP contribution in [0.3, 0.4) is 0 Å². The van der Waals surface area contributed by atoms with Crippen LogP contribution in [0.5, 0.6) is 0 Å². The van der Waals surface area contributed by atoms with Crippen LogP contribution < -0.4 is 0 Å². The third-order valence-corrected chi connectivity index (χ3v) is 18.4. The van der Waals surface area contributed by atoms with Crippen molar-refractivity contribution >= 4 is 11.8 Å². The van der Waals surface area contributed by atoms with Gasteiger partial charge in [0.15, 0.2) is 0 Å². The van der Waals surface area contributed by atoms with Crippen molar-refractivity contribution in [2.75, 3.05) is 0 Å². The maximum absolute atomic E-state index is 12.6. The highest BCUT2D eigenvalue weighted by molar-refractivity contribution is 5.80. The number of rotatable bonds is 70. The molecule has 0 aromatic rings. The quantitative estimate of drug-likeness (QED) is 0.0595. The molecule has 0 aromatic carbocycles. The number of carboxylic acids is 1. The average Bonchev–Trinajstić information content (AvgIpc) is 3.43. The van der Waals surface area contributed by atoms with E-state index in [1.165, 1.54) is 366 Å². The zero-order valence-corrected chi connectivity index (χ0v) is 54.1. The molecule has 3 unspecified atom stereocenters. The molecule has 0 aromatic heterocycles. The molecule has 0 heterocycles. The van der Waals surface area contributed by atoms with Crippen molar-refractivity contribution < 1.29 is 19.8 Å². The summed E-state index contributed by atoms with van der Waals surface area (Å²) in [7, 11) is 0.